The summed E-state index contributed by atoms with van der Waals surface area (Å²) in [6.07, 6.45) is 2.75. The highest BCUT2D eigenvalue weighted by Crippen LogP contribution is 2.24. The molecule has 3 rings (SSSR count). The van der Waals surface area contributed by atoms with Crippen molar-refractivity contribution in [2.24, 2.45) is 0 Å². The lowest BCUT2D eigenvalue weighted by Crippen LogP contribution is -2.00. The minimum atomic E-state index is -1.01. The van der Waals surface area contributed by atoms with Crippen LogP contribution < -0.4 is 0 Å². The summed E-state index contributed by atoms with van der Waals surface area (Å²) >= 11 is 1.43. The molecule has 0 aliphatic rings. The molecule has 0 saturated heterocycles. The molecule has 5 nitrogen and oxygen atoms in total. The van der Waals surface area contributed by atoms with Gasteiger partial charge in [-0.3, -0.25) is 4.68 Å². The van der Waals surface area contributed by atoms with E-state index < -0.39 is 5.97 Å². The van der Waals surface area contributed by atoms with Crippen LogP contribution in [0.5, 0.6) is 0 Å². The van der Waals surface area contributed by atoms with Crippen molar-refractivity contribution in [1.29, 1.82) is 0 Å². The number of benzene rings is 1. The van der Waals surface area contributed by atoms with Crippen molar-refractivity contribution in [2.45, 2.75) is 13.5 Å². The number of rotatable bonds is 4. The monoisotopic (exact) mass is 317 g/mol. The lowest BCUT2D eigenvalue weighted by Gasteiger charge is -2.00. The van der Waals surface area contributed by atoms with Crippen molar-refractivity contribution in [3.05, 3.63) is 57.9 Å². The van der Waals surface area contributed by atoms with Gasteiger partial charge in [0.15, 0.2) is 0 Å². The van der Waals surface area contributed by atoms with Gasteiger partial charge in [0, 0.05) is 17.1 Å². The molecule has 1 aromatic carbocycles. The van der Waals surface area contributed by atoms with Crippen LogP contribution in [0.4, 0.5) is 4.39 Å². The van der Waals surface area contributed by atoms with Crippen LogP contribution in [-0.4, -0.2) is 25.8 Å². The number of carboxylic acids is 1. The zero-order valence-electron chi connectivity index (χ0n) is 11.7. The Hall–Kier alpha value is -2.54. The minimum Gasteiger partial charge on any atom is -0.478 e. The van der Waals surface area contributed by atoms with Gasteiger partial charge < -0.3 is 5.11 Å². The smallest absolute Gasteiger partial charge is 0.338 e. The second-order valence-corrected chi connectivity index (χ2v) is 5.82. The Balaban J connectivity index is 1.82. The molecule has 1 N–H and O–H groups in total. The topological polar surface area (TPSA) is 68.0 Å². The average molecular weight is 317 g/mol. The summed E-state index contributed by atoms with van der Waals surface area (Å²) in [5, 5.41) is 15.5. The van der Waals surface area contributed by atoms with Gasteiger partial charge in [0.1, 0.15) is 10.8 Å². The van der Waals surface area contributed by atoms with E-state index in [9.17, 15) is 9.18 Å². The molecule has 0 bridgehead atoms. The Morgan fingerprint density at radius 3 is 2.91 bits per heavy atom. The zero-order valence-corrected chi connectivity index (χ0v) is 12.5. The van der Waals surface area contributed by atoms with Crippen molar-refractivity contribution in [3.63, 3.8) is 0 Å². The summed E-state index contributed by atoms with van der Waals surface area (Å²) in [6.45, 7) is 2.21. The molecule has 112 valence electrons. The summed E-state index contributed by atoms with van der Waals surface area (Å²) in [7, 11) is 0. The van der Waals surface area contributed by atoms with Gasteiger partial charge in [-0.05, 0) is 30.7 Å². The summed E-state index contributed by atoms with van der Waals surface area (Å²) in [5.74, 6) is -1.30. The number of hydrogen-bond acceptors (Lipinski definition) is 4. The van der Waals surface area contributed by atoms with Crippen LogP contribution >= 0.6 is 11.3 Å². The first-order valence-electron chi connectivity index (χ1n) is 6.49. The van der Waals surface area contributed by atoms with Crippen LogP contribution in [0.15, 0.2) is 36.0 Å². The first kappa shape index (κ1) is 14.4. The van der Waals surface area contributed by atoms with Crippen LogP contribution in [-0.2, 0) is 6.54 Å². The van der Waals surface area contributed by atoms with Crippen molar-refractivity contribution in [3.8, 4) is 11.3 Å². The van der Waals surface area contributed by atoms with Gasteiger partial charge in [-0.25, -0.2) is 14.2 Å². The average Bonchev–Trinajstić information content (AvgIpc) is 3.07. The minimum absolute atomic E-state index is 0.137. The summed E-state index contributed by atoms with van der Waals surface area (Å²) in [6, 6.07) is 4.79. The number of halogens is 1. The molecule has 0 unspecified atom stereocenters. The molecule has 0 amide bonds. The normalized spacial score (nSPS) is 10.8. The van der Waals surface area contributed by atoms with Crippen LogP contribution in [0.1, 0.15) is 20.9 Å². The van der Waals surface area contributed by atoms with E-state index in [0.717, 1.165) is 16.1 Å². The largest absolute Gasteiger partial charge is 0.478 e. The molecule has 2 heterocycles. The lowest BCUT2D eigenvalue weighted by molar-refractivity contribution is 0.0697. The first-order valence-corrected chi connectivity index (χ1v) is 7.37. The van der Waals surface area contributed by atoms with Crippen LogP contribution in [0.2, 0.25) is 0 Å². The molecule has 2 aromatic heterocycles. The quantitative estimate of drug-likeness (QED) is 0.802. The SMILES string of the molecule is Cc1cc(F)cc(-c2csc(Cn3cc(C(=O)O)cn3)n2)c1. The predicted octanol–water partition coefficient (Wildman–Crippen LogP) is 3.20. The maximum atomic E-state index is 13.5. The lowest BCUT2D eigenvalue weighted by atomic mass is 10.1. The van der Waals surface area contributed by atoms with E-state index in [2.05, 4.69) is 10.1 Å². The van der Waals surface area contributed by atoms with Gasteiger partial charge in [-0.1, -0.05) is 0 Å². The Morgan fingerprint density at radius 1 is 1.41 bits per heavy atom. The second-order valence-electron chi connectivity index (χ2n) is 4.88. The number of aromatic carboxylic acids is 1. The molecule has 0 atom stereocenters. The third-order valence-corrected chi connectivity index (χ3v) is 3.90. The second kappa shape index (κ2) is 5.69. The molecule has 0 radical (unpaired) electrons. The Kier molecular flexibility index (Phi) is 3.72. The van der Waals surface area contributed by atoms with Crippen molar-refractivity contribution >= 4 is 17.3 Å². The first-order chi connectivity index (χ1) is 10.5. The van der Waals surface area contributed by atoms with E-state index >= 15 is 0 Å². The number of aryl methyl sites for hydroxylation is 1. The van der Waals surface area contributed by atoms with Crippen molar-refractivity contribution in [1.82, 2.24) is 14.8 Å². The summed E-state index contributed by atoms with van der Waals surface area (Å²) in [4.78, 5) is 15.3. The van der Waals surface area contributed by atoms with Gasteiger partial charge >= 0.3 is 5.97 Å². The molecule has 0 saturated carbocycles. The maximum absolute atomic E-state index is 13.5. The fourth-order valence-electron chi connectivity index (χ4n) is 2.10. The maximum Gasteiger partial charge on any atom is 0.338 e. The number of carbonyl (C=O) groups is 1. The number of thiazole rings is 1. The van der Waals surface area contributed by atoms with E-state index in [4.69, 9.17) is 5.11 Å². The fraction of sp³-hybridized carbons (Fsp3) is 0.133. The third-order valence-electron chi connectivity index (χ3n) is 3.07. The van der Waals surface area contributed by atoms with Gasteiger partial charge in [0.2, 0.25) is 0 Å². The highest BCUT2D eigenvalue weighted by molar-refractivity contribution is 7.09. The standard InChI is InChI=1S/C15H12FN3O2S/c1-9-2-10(4-12(16)3-9)13-8-22-14(18-13)7-19-6-11(5-17-19)15(20)21/h2-6,8H,7H2,1H3,(H,20,21). The highest BCUT2D eigenvalue weighted by Gasteiger charge is 2.10. The fourth-order valence-corrected chi connectivity index (χ4v) is 2.89. The molecule has 22 heavy (non-hydrogen) atoms. The van der Waals surface area contributed by atoms with E-state index in [-0.39, 0.29) is 11.4 Å². The number of nitrogens with zero attached hydrogens (tertiary/aromatic N) is 3. The third kappa shape index (κ3) is 3.04. The van der Waals surface area contributed by atoms with Crippen LogP contribution in [0.25, 0.3) is 11.3 Å². The van der Waals surface area contributed by atoms with Gasteiger partial charge in [-0.15, -0.1) is 11.3 Å². The van der Waals surface area contributed by atoms with E-state index in [1.807, 2.05) is 18.4 Å². The van der Waals surface area contributed by atoms with Gasteiger partial charge in [0.25, 0.3) is 0 Å². The summed E-state index contributed by atoms with van der Waals surface area (Å²) in [5.41, 5.74) is 2.40. The molecular weight excluding hydrogens is 305 g/mol. The highest BCUT2D eigenvalue weighted by atomic mass is 32.1. The molecule has 0 fully saturated rings. The molecule has 7 heteroatoms. The van der Waals surface area contributed by atoms with Gasteiger partial charge in [0.05, 0.1) is 24.0 Å². The Labute approximate surface area is 129 Å². The molecule has 0 aliphatic heterocycles. The van der Waals surface area contributed by atoms with Crippen LogP contribution in [0.3, 0.4) is 0 Å². The van der Waals surface area contributed by atoms with Crippen molar-refractivity contribution in [2.75, 3.05) is 0 Å². The summed E-state index contributed by atoms with van der Waals surface area (Å²) < 4.78 is 15.0. The van der Waals surface area contributed by atoms with Crippen molar-refractivity contribution < 1.29 is 14.3 Å². The van der Waals surface area contributed by atoms with Crippen LogP contribution in [0, 0.1) is 12.7 Å². The van der Waals surface area contributed by atoms with E-state index in [1.165, 1.54) is 40.5 Å². The molecule has 0 spiro atoms. The number of aromatic nitrogens is 3. The molecule has 0 aliphatic carbocycles. The van der Waals surface area contributed by atoms with E-state index in [0.29, 0.717) is 12.2 Å². The van der Waals surface area contributed by atoms with Gasteiger partial charge in [-0.2, -0.15) is 5.10 Å². The predicted molar refractivity (Wildman–Crippen MR) is 80.5 cm³/mol. The zero-order chi connectivity index (χ0) is 15.7. The number of carboxylic acid groups (broad SMARTS) is 1. The Bertz CT molecular complexity index is 821. The van der Waals surface area contributed by atoms with E-state index in [1.54, 1.807) is 0 Å². The number of hydrogen-bond donors (Lipinski definition) is 1. The Morgan fingerprint density at radius 2 is 2.23 bits per heavy atom. The molecule has 3 aromatic rings. The molecular formula is C15H12FN3O2S.